The van der Waals surface area contributed by atoms with Crippen molar-refractivity contribution in [3.8, 4) is 0 Å². The number of likely N-dealkylation sites (tertiary alicyclic amines) is 1. The number of aliphatic hydroxyl groups excluding tert-OH is 1. The van der Waals surface area contributed by atoms with Gasteiger partial charge in [-0.1, -0.05) is 12.1 Å². The molecule has 3 rings (SSSR count). The lowest BCUT2D eigenvalue weighted by molar-refractivity contribution is -0.192. The number of aromatic nitrogens is 1. The third-order valence-electron chi connectivity index (χ3n) is 4.31. The summed E-state index contributed by atoms with van der Waals surface area (Å²) in [7, 11) is 0. The van der Waals surface area contributed by atoms with Gasteiger partial charge in [-0.05, 0) is 42.7 Å². The summed E-state index contributed by atoms with van der Waals surface area (Å²) in [5, 5.41) is 17.3. The predicted octanol–water partition coefficient (Wildman–Crippen LogP) is 2.67. The quantitative estimate of drug-likeness (QED) is 0.754. The second-order valence-corrected chi connectivity index (χ2v) is 6.26. The maximum Gasteiger partial charge on any atom is 0.490 e. The first-order chi connectivity index (χ1) is 13.6. The van der Waals surface area contributed by atoms with Gasteiger partial charge in [0.05, 0.1) is 17.7 Å². The van der Waals surface area contributed by atoms with E-state index in [2.05, 4.69) is 4.98 Å². The summed E-state index contributed by atoms with van der Waals surface area (Å²) in [6.45, 7) is 0.435. The molecule has 1 fully saturated rings. The molecule has 1 amide bonds. The summed E-state index contributed by atoms with van der Waals surface area (Å²) in [5.74, 6) is -3.65. The Morgan fingerprint density at radius 1 is 1.14 bits per heavy atom. The number of pyridine rings is 1. The Kier molecular flexibility index (Phi) is 7.27. The average molecular weight is 414 g/mol. The monoisotopic (exact) mass is 414 g/mol. The topological polar surface area (TPSA) is 90.7 Å². The van der Waals surface area contributed by atoms with E-state index in [-0.39, 0.29) is 17.5 Å². The lowest BCUT2D eigenvalue weighted by Gasteiger charge is -2.26. The molecule has 0 saturated carbocycles. The van der Waals surface area contributed by atoms with Crippen molar-refractivity contribution in [3.05, 3.63) is 65.7 Å². The van der Waals surface area contributed by atoms with E-state index in [9.17, 15) is 27.5 Å². The summed E-state index contributed by atoms with van der Waals surface area (Å²) in [4.78, 5) is 27.0. The minimum atomic E-state index is -5.08. The van der Waals surface area contributed by atoms with Crippen molar-refractivity contribution in [1.82, 2.24) is 9.88 Å². The third-order valence-corrected chi connectivity index (χ3v) is 4.31. The highest BCUT2D eigenvalue weighted by Gasteiger charge is 2.38. The Hall–Kier alpha value is -3.01. The van der Waals surface area contributed by atoms with Gasteiger partial charge >= 0.3 is 12.1 Å². The van der Waals surface area contributed by atoms with Crippen LogP contribution >= 0.6 is 0 Å². The van der Waals surface area contributed by atoms with Gasteiger partial charge in [-0.2, -0.15) is 13.2 Å². The van der Waals surface area contributed by atoms with Gasteiger partial charge < -0.3 is 15.1 Å². The van der Waals surface area contributed by atoms with Gasteiger partial charge in [-0.15, -0.1) is 0 Å². The predicted molar refractivity (Wildman–Crippen MR) is 93.5 cm³/mol. The fourth-order valence-electron chi connectivity index (χ4n) is 2.89. The van der Waals surface area contributed by atoms with Crippen molar-refractivity contribution in [1.29, 1.82) is 0 Å². The van der Waals surface area contributed by atoms with E-state index in [0.29, 0.717) is 19.4 Å². The summed E-state index contributed by atoms with van der Waals surface area (Å²) < 4.78 is 45.6. The van der Waals surface area contributed by atoms with Crippen molar-refractivity contribution >= 4 is 11.9 Å². The zero-order chi connectivity index (χ0) is 21.6. The molecule has 0 unspecified atom stereocenters. The molecule has 0 radical (unpaired) electrons. The van der Waals surface area contributed by atoms with E-state index < -0.39 is 24.1 Å². The fourth-order valence-corrected chi connectivity index (χ4v) is 2.89. The lowest BCUT2D eigenvalue weighted by atomic mass is 10.0. The Morgan fingerprint density at radius 3 is 2.28 bits per heavy atom. The molecule has 2 aromatic rings. The molecule has 1 aromatic carbocycles. The van der Waals surface area contributed by atoms with Crippen molar-refractivity contribution in [3.63, 3.8) is 0 Å². The van der Waals surface area contributed by atoms with E-state index in [1.165, 1.54) is 12.1 Å². The largest absolute Gasteiger partial charge is 0.490 e. The molecular formula is C19H18F4N2O4. The van der Waals surface area contributed by atoms with Crippen LogP contribution < -0.4 is 0 Å². The van der Waals surface area contributed by atoms with Crippen molar-refractivity contribution < 1.29 is 37.4 Å². The van der Waals surface area contributed by atoms with E-state index in [1.54, 1.807) is 29.4 Å². The van der Waals surface area contributed by atoms with Crippen LogP contribution in [0.3, 0.4) is 0 Å². The fraction of sp³-hybridized carbons (Fsp3) is 0.316. The number of amides is 1. The first-order valence-corrected chi connectivity index (χ1v) is 8.54. The summed E-state index contributed by atoms with van der Waals surface area (Å²) >= 11 is 0. The summed E-state index contributed by atoms with van der Waals surface area (Å²) in [6.07, 6.45) is -1.27. The number of hydrogen-bond acceptors (Lipinski definition) is 4. The minimum Gasteiger partial charge on any atom is -0.475 e. The van der Waals surface area contributed by atoms with E-state index >= 15 is 0 Å². The van der Waals surface area contributed by atoms with Gasteiger partial charge in [0.25, 0.3) is 5.91 Å². The van der Waals surface area contributed by atoms with Crippen LogP contribution in [0.4, 0.5) is 17.6 Å². The van der Waals surface area contributed by atoms with Gasteiger partial charge in [0.15, 0.2) is 0 Å². The highest BCUT2D eigenvalue weighted by Crippen LogP contribution is 2.24. The summed E-state index contributed by atoms with van der Waals surface area (Å²) in [6, 6.07) is 9.33. The van der Waals surface area contributed by atoms with E-state index in [0.717, 1.165) is 5.56 Å². The molecule has 1 saturated heterocycles. The van der Waals surface area contributed by atoms with Crippen LogP contribution in [-0.4, -0.2) is 56.8 Å². The minimum absolute atomic E-state index is 0.0522. The molecule has 0 aliphatic carbocycles. The number of benzene rings is 1. The molecule has 1 aliphatic rings. The average Bonchev–Trinajstić information content (AvgIpc) is 3.03. The van der Waals surface area contributed by atoms with Crippen molar-refractivity contribution in [2.45, 2.75) is 31.2 Å². The number of nitrogens with zero attached hydrogens (tertiary/aromatic N) is 2. The lowest BCUT2D eigenvalue weighted by Crippen LogP contribution is -2.41. The molecule has 2 heterocycles. The van der Waals surface area contributed by atoms with Gasteiger partial charge in [-0.25, -0.2) is 9.18 Å². The molecule has 156 valence electrons. The highest BCUT2D eigenvalue weighted by molar-refractivity contribution is 5.95. The van der Waals surface area contributed by atoms with Crippen molar-refractivity contribution in [2.75, 3.05) is 6.54 Å². The molecule has 1 aliphatic heterocycles. The Bertz CT molecular complexity index is 846. The SMILES string of the molecule is O=C(O)C(F)(F)F.O=C(c1ccccc1F)N1CC[C@H](O)[C@@H]1Cc1ccncc1. The number of hydrogen-bond donors (Lipinski definition) is 2. The molecule has 10 heteroatoms. The molecular weight excluding hydrogens is 396 g/mol. The first kappa shape index (κ1) is 22.3. The van der Waals surface area contributed by atoms with Crippen LogP contribution in [-0.2, 0) is 11.2 Å². The van der Waals surface area contributed by atoms with E-state index in [1.807, 2.05) is 12.1 Å². The maximum atomic E-state index is 13.8. The van der Waals surface area contributed by atoms with Crippen LogP contribution in [0.15, 0.2) is 48.8 Å². The maximum absolute atomic E-state index is 13.8. The number of halogens is 4. The number of aliphatic hydroxyl groups is 1. The van der Waals surface area contributed by atoms with Crippen molar-refractivity contribution in [2.24, 2.45) is 0 Å². The molecule has 0 spiro atoms. The molecule has 2 N–H and O–H groups in total. The van der Waals surface area contributed by atoms with Gasteiger partial charge in [-0.3, -0.25) is 9.78 Å². The van der Waals surface area contributed by atoms with Gasteiger partial charge in [0.1, 0.15) is 5.82 Å². The number of carbonyl (C=O) groups excluding carboxylic acids is 1. The van der Waals surface area contributed by atoms with Crippen LogP contribution in [0.1, 0.15) is 22.3 Å². The second-order valence-electron chi connectivity index (χ2n) is 6.26. The zero-order valence-electron chi connectivity index (χ0n) is 15.0. The number of alkyl halides is 3. The highest BCUT2D eigenvalue weighted by atomic mass is 19.4. The zero-order valence-corrected chi connectivity index (χ0v) is 15.0. The third kappa shape index (κ3) is 5.98. The molecule has 1 aromatic heterocycles. The molecule has 0 bridgehead atoms. The Morgan fingerprint density at radius 2 is 1.72 bits per heavy atom. The van der Waals surface area contributed by atoms with Crippen LogP contribution in [0.5, 0.6) is 0 Å². The number of carboxylic acid groups (broad SMARTS) is 1. The molecule has 6 nitrogen and oxygen atoms in total. The van der Waals surface area contributed by atoms with Crippen LogP contribution in [0.2, 0.25) is 0 Å². The normalized spacial score (nSPS) is 18.7. The van der Waals surface area contributed by atoms with E-state index in [4.69, 9.17) is 9.90 Å². The number of aliphatic carboxylic acids is 1. The molecule has 29 heavy (non-hydrogen) atoms. The molecule has 2 atom stereocenters. The number of carbonyl (C=O) groups is 2. The second kappa shape index (κ2) is 9.46. The number of rotatable bonds is 3. The first-order valence-electron chi connectivity index (χ1n) is 8.54. The smallest absolute Gasteiger partial charge is 0.475 e. The Labute approximate surface area is 163 Å². The number of carboxylic acids is 1. The van der Waals surface area contributed by atoms with Gasteiger partial charge in [0.2, 0.25) is 0 Å². The van der Waals surface area contributed by atoms with Crippen LogP contribution in [0, 0.1) is 5.82 Å². The van der Waals surface area contributed by atoms with Crippen LogP contribution in [0.25, 0.3) is 0 Å². The van der Waals surface area contributed by atoms with Gasteiger partial charge in [0, 0.05) is 18.9 Å². The Balaban J connectivity index is 0.000000370. The standard InChI is InChI=1S/C17H17FN2O2.C2HF3O2/c18-14-4-2-1-3-13(14)17(22)20-10-7-16(21)15(20)11-12-5-8-19-9-6-12;3-2(4,5)1(6)7/h1-6,8-9,15-16,21H,7,10-11H2;(H,6,7)/t15-,16-;/m0./s1. The summed E-state index contributed by atoms with van der Waals surface area (Å²) in [5.41, 5.74) is 1.05.